The van der Waals surface area contributed by atoms with Crippen LogP contribution in [0.25, 0.3) is 11.1 Å². The molecule has 0 aliphatic heterocycles. The van der Waals surface area contributed by atoms with E-state index < -0.39 is 0 Å². The predicted octanol–water partition coefficient (Wildman–Crippen LogP) is 4.46. The second kappa shape index (κ2) is 7.69. The molecule has 2 N–H and O–H groups in total. The number of benzene rings is 3. The molecule has 0 fully saturated rings. The average molecular weight is 370 g/mol. The van der Waals surface area contributed by atoms with Gasteiger partial charge in [-0.25, -0.2) is 0 Å². The molecule has 0 heterocycles. The molecule has 28 heavy (non-hydrogen) atoms. The number of amides is 2. The summed E-state index contributed by atoms with van der Waals surface area (Å²) in [4.78, 5) is 24.2. The fourth-order valence-corrected chi connectivity index (χ4v) is 3.80. The van der Waals surface area contributed by atoms with Crippen molar-refractivity contribution in [1.29, 1.82) is 0 Å². The van der Waals surface area contributed by atoms with Crippen LogP contribution in [0, 0.1) is 0 Å². The molecule has 0 spiro atoms. The number of hydrogen-bond acceptors (Lipinski definition) is 2. The van der Waals surface area contributed by atoms with Crippen molar-refractivity contribution in [2.45, 2.75) is 25.8 Å². The fourth-order valence-electron chi connectivity index (χ4n) is 3.80. The Morgan fingerprint density at radius 2 is 1.61 bits per heavy atom. The lowest BCUT2D eigenvalue weighted by molar-refractivity contribution is -0.120. The summed E-state index contributed by atoms with van der Waals surface area (Å²) in [6.07, 6.45) is 1.06. The van der Waals surface area contributed by atoms with Crippen molar-refractivity contribution in [2.24, 2.45) is 0 Å². The molecule has 0 saturated carbocycles. The van der Waals surface area contributed by atoms with Crippen molar-refractivity contribution in [3.63, 3.8) is 0 Å². The van der Waals surface area contributed by atoms with Crippen molar-refractivity contribution in [2.75, 3.05) is 5.32 Å². The second-order valence-corrected chi connectivity index (χ2v) is 7.12. The Morgan fingerprint density at radius 1 is 0.893 bits per heavy atom. The Labute approximate surface area is 164 Å². The van der Waals surface area contributed by atoms with E-state index in [9.17, 15) is 9.59 Å². The van der Waals surface area contributed by atoms with Crippen LogP contribution in [-0.2, 0) is 16.0 Å². The predicted molar refractivity (Wildman–Crippen MR) is 111 cm³/mol. The molecule has 4 nitrogen and oxygen atoms in total. The Morgan fingerprint density at radius 3 is 2.39 bits per heavy atom. The van der Waals surface area contributed by atoms with Crippen LogP contribution < -0.4 is 10.6 Å². The van der Waals surface area contributed by atoms with Gasteiger partial charge in [-0.2, -0.15) is 0 Å². The summed E-state index contributed by atoms with van der Waals surface area (Å²) in [5.41, 5.74) is 6.74. The maximum atomic E-state index is 12.6. The van der Waals surface area contributed by atoms with Crippen LogP contribution in [0.1, 0.15) is 36.1 Å². The number of carbonyl (C=O) groups is 2. The van der Waals surface area contributed by atoms with E-state index in [0.29, 0.717) is 0 Å². The zero-order valence-electron chi connectivity index (χ0n) is 15.7. The van der Waals surface area contributed by atoms with Crippen molar-refractivity contribution in [3.8, 4) is 11.1 Å². The largest absolute Gasteiger partial charge is 0.349 e. The van der Waals surface area contributed by atoms with Crippen molar-refractivity contribution >= 4 is 17.5 Å². The van der Waals surface area contributed by atoms with Crippen LogP contribution in [0.2, 0.25) is 0 Å². The van der Waals surface area contributed by atoms with E-state index in [4.69, 9.17) is 0 Å². The topological polar surface area (TPSA) is 58.2 Å². The molecule has 4 heteroatoms. The number of hydrogen-bond donors (Lipinski definition) is 2. The number of nitrogens with one attached hydrogen (secondary N) is 2. The Kier molecular flexibility index (Phi) is 4.94. The smallest absolute Gasteiger partial charge is 0.226 e. The molecule has 3 aromatic carbocycles. The van der Waals surface area contributed by atoms with E-state index in [-0.39, 0.29) is 24.3 Å². The van der Waals surface area contributed by atoms with Crippen LogP contribution in [0.3, 0.4) is 0 Å². The Bertz CT molecular complexity index is 1030. The van der Waals surface area contributed by atoms with Gasteiger partial charge in [0, 0.05) is 12.6 Å². The summed E-state index contributed by atoms with van der Waals surface area (Å²) in [6.45, 7) is 1.46. The van der Waals surface area contributed by atoms with Gasteiger partial charge in [-0.15, -0.1) is 0 Å². The van der Waals surface area contributed by atoms with E-state index in [2.05, 4.69) is 41.0 Å². The third-order valence-corrected chi connectivity index (χ3v) is 5.05. The maximum absolute atomic E-state index is 12.6. The normalized spacial score (nSPS) is 12.6. The van der Waals surface area contributed by atoms with Crippen LogP contribution in [0.5, 0.6) is 0 Å². The van der Waals surface area contributed by atoms with Gasteiger partial charge in [0.15, 0.2) is 0 Å². The third-order valence-electron chi connectivity index (χ3n) is 5.05. The Balaban J connectivity index is 1.48. The van der Waals surface area contributed by atoms with Crippen molar-refractivity contribution in [1.82, 2.24) is 5.32 Å². The highest BCUT2D eigenvalue weighted by Crippen LogP contribution is 2.37. The molecule has 0 saturated heterocycles. The summed E-state index contributed by atoms with van der Waals surface area (Å²) in [5.74, 6) is -0.282. The number of carbonyl (C=O) groups excluding carboxylic acids is 2. The van der Waals surface area contributed by atoms with Crippen LogP contribution in [0.4, 0.5) is 5.69 Å². The standard InChI is InChI=1S/C24H22N2O2/c1-16(27)25-23(17-7-3-2-4-8-17)15-24(28)26-20-11-12-22-19(14-20)13-18-9-5-6-10-21(18)22/h2-12,14,23H,13,15H2,1H3,(H,25,27)(H,26,28). The van der Waals surface area contributed by atoms with Gasteiger partial charge in [0.25, 0.3) is 0 Å². The minimum Gasteiger partial charge on any atom is -0.349 e. The van der Waals surface area contributed by atoms with E-state index in [1.54, 1.807) is 0 Å². The van der Waals surface area contributed by atoms with Gasteiger partial charge in [-0.3, -0.25) is 9.59 Å². The lowest BCUT2D eigenvalue weighted by Crippen LogP contribution is -2.29. The van der Waals surface area contributed by atoms with Gasteiger partial charge >= 0.3 is 0 Å². The van der Waals surface area contributed by atoms with E-state index in [1.165, 1.54) is 29.2 Å². The molecule has 140 valence electrons. The van der Waals surface area contributed by atoms with Gasteiger partial charge in [-0.1, -0.05) is 60.7 Å². The Hall–Kier alpha value is -3.40. The highest BCUT2D eigenvalue weighted by molar-refractivity contribution is 5.92. The first-order valence-electron chi connectivity index (χ1n) is 9.43. The molecule has 1 atom stereocenters. The van der Waals surface area contributed by atoms with E-state index >= 15 is 0 Å². The van der Waals surface area contributed by atoms with E-state index in [0.717, 1.165) is 17.7 Å². The first-order chi connectivity index (χ1) is 13.6. The van der Waals surface area contributed by atoms with Gasteiger partial charge in [-0.05, 0) is 46.4 Å². The first-order valence-corrected chi connectivity index (χ1v) is 9.43. The zero-order valence-corrected chi connectivity index (χ0v) is 15.7. The molecule has 0 bridgehead atoms. The van der Waals surface area contributed by atoms with Gasteiger partial charge in [0.2, 0.25) is 11.8 Å². The molecule has 1 unspecified atom stereocenters. The molecular weight excluding hydrogens is 348 g/mol. The maximum Gasteiger partial charge on any atom is 0.226 e. The minimum absolute atomic E-state index is 0.127. The molecule has 2 amide bonds. The fraction of sp³-hybridized carbons (Fsp3) is 0.167. The van der Waals surface area contributed by atoms with Gasteiger partial charge in [0.05, 0.1) is 12.5 Å². The molecule has 1 aliphatic carbocycles. The third kappa shape index (κ3) is 3.81. The van der Waals surface area contributed by atoms with Crippen molar-refractivity contribution < 1.29 is 9.59 Å². The number of fused-ring (bicyclic) bond motifs is 3. The minimum atomic E-state index is -0.350. The van der Waals surface area contributed by atoms with Crippen LogP contribution in [0.15, 0.2) is 72.8 Å². The summed E-state index contributed by atoms with van der Waals surface area (Å²) < 4.78 is 0. The van der Waals surface area contributed by atoms with Crippen molar-refractivity contribution in [3.05, 3.63) is 89.5 Å². The second-order valence-electron chi connectivity index (χ2n) is 7.12. The molecule has 0 radical (unpaired) electrons. The summed E-state index contributed by atoms with van der Waals surface area (Å²) in [5, 5.41) is 5.85. The summed E-state index contributed by atoms with van der Waals surface area (Å²) >= 11 is 0. The SMILES string of the molecule is CC(=O)NC(CC(=O)Nc1ccc2c(c1)Cc1ccccc1-2)c1ccccc1. The summed E-state index contributed by atoms with van der Waals surface area (Å²) in [7, 11) is 0. The molecule has 0 aromatic heterocycles. The van der Waals surface area contributed by atoms with Gasteiger partial charge in [0.1, 0.15) is 0 Å². The number of anilines is 1. The zero-order chi connectivity index (χ0) is 19.5. The van der Waals surface area contributed by atoms with E-state index in [1.807, 2.05) is 42.5 Å². The number of rotatable bonds is 5. The quantitative estimate of drug-likeness (QED) is 0.545. The molecule has 1 aliphatic rings. The highest BCUT2D eigenvalue weighted by Gasteiger charge is 2.20. The van der Waals surface area contributed by atoms with Crippen LogP contribution >= 0.6 is 0 Å². The lowest BCUT2D eigenvalue weighted by Gasteiger charge is -2.18. The lowest BCUT2D eigenvalue weighted by atomic mass is 10.0. The average Bonchev–Trinajstić information content (AvgIpc) is 3.05. The first kappa shape index (κ1) is 18.0. The van der Waals surface area contributed by atoms with Gasteiger partial charge < -0.3 is 10.6 Å². The highest BCUT2D eigenvalue weighted by atomic mass is 16.2. The molecular formula is C24H22N2O2. The molecule has 3 aromatic rings. The monoisotopic (exact) mass is 370 g/mol. The summed E-state index contributed by atoms with van der Waals surface area (Å²) in [6, 6.07) is 23.6. The van der Waals surface area contributed by atoms with Crippen LogP contribution in [-0.4, -0.2) is 11.8 Å². The molecule has 4 rings (SSSR count).